The molecule has 31 heavy (non-hydrogen) atoms. The largest absolute Gasteiger partial charge is 0.377 e. The van der Waals surface area contributed by atoms with Crippen molar-refractivity contribution in [3.8, 4) is 0 Å². The van der Waals surface area contributed by atoms with Gasteiger partial charge in [0.2, 0.25) is 0 Å². The van der Waals surface area contributed by atoms with E-state index >= 15 is 0 Å². The number of aromatic nitrogens is 1. The molecule has 7 nitrogen and oxygen atoms in total. The molecule has 0 atom stereocenters. The molecular formula is C24H27N5O2. The first-order valence-electron chi connectivity index (χ1n) is 9.97. The Balaban J connectivity index is 1.73. The highest BCUT2D eigenvalue weighted by atomic mass is 16.2. The topological polar surface area (TPSA) is 86.4 Å². The molecule has 0 fully saturated rings. The zero-order valence-corrected chi connectivity index (χ0v) is 18.2. The van der Waals surface area contributed by atoms with Gasteiger partial charge in [-0.2, -0.15) is 0 Å². The van der Waals surface area contributed by atoms with E-state index in [4.69, 9.17) is 0 Å². The summed E-state index contributed by atoms with van der Waals surface area (Å²) in [6.45, 7) is 4.38. The lowest BCUT2D eigenvalue weighted by Gasteiger charge is -2.19. The summed E-state index contributed by atoms with van der Waals surface area (Å²) in [6, 6.07) is 14.3. The maximum Gasteiger partial charge on any atom is 0.323 e. The summed E-state index contributed by atoms with van der Waals surface area (Å²) in [5, 5.41) is 8.53. The van der Waals surface area contributed by atoms with Crippen molar-refractivity contribution in [2.24, 2.45) is 0 Å². The molecule has 2 aromatic carbocycles. The predicted molar refractivity (Wildman–Crippen MR) is 125 cm³/mol. The van der Waals surface area contributed by atoms with Crippen LogP contribution >= 0.6 is 0 Å². The van der Waals surface area contributed by atoms with Crippen LogP contribution < -0.4 is 20.9 Å². The number of anilines is 3. The molecule has 0 saturated carbocycles. The standard InChI is InChI=1S/C24H27N5O2/c1-16-7-8-19(12-17(16)2)27-24(31)28-20-9-10-22(29(3)4)21(13-20)23(30)26-15-18-6-5-11-25-14-18/h5-14H,15H2,1-4H3,(H,26,30)(H2,27,28,31). The van der Waals surface area contributed by atoms with Gasteiger partial charge >= 0.3 is 6.03 Å². The number of hydrogen-bond acceptors (Lipinski definition) is 4. The third kappa shape index (κ3) is 5.82. The molecule has 0 spiro atoms. The fourth-order valence-corrected chi connectivity index (χ4v) is 3.08. The van der Waals surface area contributed by atoms with Gasteiger partial charge < -0.3 is 20.9 Å². The number of aryl methyl sites for hydroxylation is 2. The second-order valence-electron chi connectivity index (χ2n) is 7.55. The second-order valence-corrected chi connectivity index (χ2v) is 7.55. The summed E-state index contributed by atoms with van der Waals surface area (Å²) in [6.07, 6.45) is 3.40. The highest BCUT2D eigenvalue weighted by Gasteiger charge is 2.15. The molecule has 0 aliphatic rings. The van der Waals surface area contributed by atoms with Gasteiger partial charge in [-0.3, -0.25) is 9.78 Å². The molecule has 1 aromatic heterocycles. The maximum atomic E-state index is 12.9. The molecule has 0 saturated heterocycles. The Hall–Kier alpha value is -3.87. The summed E-state index contributed by atoms with van der Waals surface area (Å²) in [4.78, 5) is 31.2. The van der Waals surface area contributed by atoms with Crippen molar-refractivity contribution in [1.29, 1.82) is 0 Å². The molecule has 0 unspecified atom stereocenters. The number of nitrogens with one attached hydrogen (secondary N) is 3. The van der Waals surface area contributed by atoms with E-state index in [1.54, 1.807) is 24.5 Å². The van der Waals surface area contributed by atoms with Crippen LogP contribution in [0.5, 0.6) is 0 Å². The first-order valence-corrected chi connectivity index (χ1v) is 9.97. The highest BCUT2D eigenvalue weighted by molar-refractivity contribution is 6.04. The molecule has 3 amide bonds. The number of benzene rings is 2. The number of hydrogen-bond donors (Lipinski definition) is 3. The Labute approximate surface area is 182 Å². The zero-order chi connectivity index (χ0) is 22.4. The number of nitrogens with zero attached hydrogens (tertiary/aromatic N) is 2. The number of pyridine rings is 1. The summed E-state index contributed by atoms with van der Waals surface area (Å²) >= 11 is 0. The molecular weight excluding hydrogens is 390 g/mol. The third-order valence-corrected chi connectivity index (χ3v) is 4.92. The first kappa shape index (κ1) is 21.8. The van der Waals surface area contributed by atoms with Gasteiger partial charge in [0.25, 0.3) is 5.91 Å². The average molecular weight is 418 g/mol. The van der Waals surface area contributed by atoms with E-state index in [0.29, 0.717) is 23.5 Å². The van der Waals surface area contributed by atoms with Gasteiger partial charge in [-0.15, -0.1) is 0 Å². The van der Waals surface area contributed by atoms with Crippen LogP contribution in [-0.4, -0.2) is 31.0 Å². The quantitative estimate of drug-likeness (QED) is 0.557. The van der Waals surface area contributed by atoms with E-state index in [2.05, 4.69) is 20.9 Å². The van der Waals surface area contributed by atoms with Gasteiger partial charge in [0, 0.05) is 50.1 Å². The number of urea groups is 1. The Kier molecular flexibility index (Phi) is 6.87. The van der Waals surface area contributed by atoms with E-state index in [-0.39, 0.29) is 11.9 Å². The van der Waals surface area contributed by atoms with Crippen LogP contribution in [0.25, 0.3) is 0 Å². The Morgan fingerprint density at radius 3 is 2.29 bits per heavy atom. The van der Waals surface area contributed by atoms with E-state index < -0.39 is 0 Å². The second kappa shape index (κ2) is 9.75. The van der Waals surface area contributed by atoms with Crippen LogP contribution in [0.15, 0.2) is 60.9 Å². The van der Waals surface area contributed by atoms with Crippen LogP contribution in [0, 0.1) is 13.8 Å². The van der Waals surface area contributed by atoms with Gasteiger partial charge in [0.15, 0.2) is 0 Å². The van der Waals surface area contributed by atoms with Gasteiger partial charge in [-0.25, -0.2) is 4.79 Å². The van der Waals surface area contributed by atoms with Gasteiger partial charge in [0.05, 0.1) is 5.56 Å². The molecule has 0 bridgehead atoms. The Morgan fingerprint density at radius 2 is 1.65 bits per heavy atom. The molecule has 7 heteroatoms. The van der Waals surface area contributed by atoms with Crippen LogP contribution in [0.2, 0.25) is 0 Å². The number of rotatable bonds is 6. The monoisotopic (exact) mass is 417 g/mol. The first-order chi connectivity index (χ1) is 14.8. The lowest BCUT2D eigenvalue weighted by atomic mass is 10.1. The van der Waals surface area contributed by atoms with E-state index in [0.717, 1.165) is 22.4 Å². The van der Waals surface area contributed by atoms with Crippen molar-refractivity contribution in [3.63, 3.8) is 0 Å². The molecule has 0 aliphatic heterocycles. The molecule has 0 radical (unpaired) electrons. The fraction of sp³-hybridized carbons (Fsp3) is 0.208. The number of amides is 3. The van der Waals surface area contributed by atoms with E-state index in [1.165, 1.54) is 0 Å². The van der Waals surface area contributed by atoms with Crippen LogP contribution in [0.1, 0.15) is 27.0 Å². The summed E-state index contributed by atoms with van der Waals surface area (Å²) in [5.41, 5.74) is 5.62. The van der Waals surface area contributed by atoms with Crippen molar-refractivity contribution in [2.75, 3.05) is 29.6 Å². The van der Waals surface area contributed by atoms with Crippen LogP contribution in [0.3, 0.4) is 0 Å². The molecule has 0 aliphatic carbocycles. The normalized spacial score (nSPS) is 10.3. The molecule has 3 rings (SSSR count). The van der Waals surface area contributed by atoms with Crippen molar-refractivity contribution >= 4 is 29.0 Å². The van der Waals surface area contributed by atoms with Crippen molar-refractivity contribution in [3.05, 3.63) is 83.2 Å². The summed E-state index contributed by atoms with van der Waals surface area (Å²) < 4.78 is 0. The minimum atomic E-state index is -0.373. The SMILES string of the molecule is Cc1ccc(NC(=O)Nc2ccc(N(C)C)c(C(=O)NCc3cccnc3)c2)cc1C. The highest BCUT2D eigenvalue weighted by Crippen LogP contribution is 2.23. The smallest absolute Gasteiger partial charge is 0.323 e. The van der Waals surface area contributed by atoms with Gasteiger partial charge in [-0.1, -0.05) is 12.1 Å². The Bertz CT molecular complexity index is 1080. The van der Waals surface area contributed by atoms with Gasteiger partial charge in [-0.05, 0) is 66.9 Å². The molecule has 3 aromatic rings. The lowest BCUT2D eigenvalue weighted by Crippen LogP contribution is -2.26. The van der Waals surface area contributed by atoms with Gasteiger partial charge in [0.1, 0.15) is 0 Å². The number of carbonyl (C=O) groups excluding carboxylic acids is 2. The summed E-state index contributed by atoms with van der Waals surface area (Å²) in [7, 11) is 3.74. The maximum absolute atomic E-state index is 12.9. The third-order valence-electron chi connectivity index (χ3n) is 4.92. The number of carbonyl (C=O) groups is 2. The lowest BCUT2D eigenvalue weighted by molar-refractivity contribution is 0.0951. The minimum Gasteiger partial charge on any atom is -0.377 e. The van der Waals surface area contributed by atoms with E-state index in [1.807, 2.05) is 69.2 Å². The minimum absolute atomic E-state index is 0.231. The molecule has 1 heterocycles. The van der Waals surface area contributed by atoms with Crippen LogP contribution in [-0.2, 0) is 6.54 Å². The average Bonchev–Trinajstić information content (AvgIpc) is 2.75. The zero-order valence-electron chi connectivity index (χ0n) is 18.2. The van der Waals surface area contributed by atoms with Crippen LogP contribution in [0.4, 0.5) is 21.9 Å². The molecule has 160 valence electrons. The van der Waals surface area contributed by atoms with Crippen molar-refractivity contribution < 1.29 is 9.59 Å². The Morgan fingerprint density at radius 1 is 0.935 bits per heavy atom. The predicted octanol–water partition coefficient (Wildman–Crippen LogP) is 4.34. The van der Waals surface area contributed by atoms with Crippen molar-refractivity contribution in [2.45, 2.75) is 20.4 Å². The fourth-order valence-electron chi connectivity index (χ4n) is 3.08. The molecule has 3 N–H and O–H groups in total. The van der Waals surface area contributed by atoms with E-state index in [9.17, 15) is 9.59 Å². The van der Waals surface area contributed by atoms with Crippen molar-refractivity contribution in [1.82, 2.24) is 10.3 Å². The summed E-state index contributed by atoms with van der Waals surface area (Å²) in [5.74, 6) is -0.231.